The van der Waals surface area contributed by atoms with Gasteiger partial charge < -0.3 is 15.0 Å². The minimum Gasteiger partial charge on any atom is -0.378 e. The minimum atomic E-state index is -0.192. The molecule has 1 amide bonds. The summed E-state index contributed by atoms with van der Waals surface area (Å²) < 4.78 is 5.35. The maximum atomic E-state index is 12.7. The Labute approximate surface area is 181 Å². The van der Waals surface area contributed by atoms with Crippen molar-refractivity contribution in [1.29, 1.82) is 0 Å². The lowest BCUT2D eigenvalue weighted by Crippen LogP contribution is -2.38. The Kier molecular flexibility index (Phi) is 7.50. The van der Waals surface area contributed by atoms with Gasteiger partial charge in [0.05, 0.1) is 13.2 Å². The molecule has 0 atom stereocenters. The Bertz CT molecular complexity index is 968. The Hall–Kier alpha value is -2.38. The van der Waals surface area contributed by atoms with Crippen LogP contribution in [-0.4, -0.2) is 42.2 Å². The normalized spacial score (nSPS) is 14.1. The standard InChI is InChI=1S/C22H29ClN4O3/c1-4-15-6-8-18(23)16(5-2)20(15)25-19(28)9-7-17-14(3)24-22(26-21(17)29)27-10-12-30-13-11-27/h6,8H,4-5,7,9-13H2,1-3H3,(H,25,28)(H,24,26,29). The number of anilines is 2. The summed E-state index contributed by atoms with van der Waals surface area (Å²) in [5, 5.41) is 3.67. The highest BCUT2D eigenvalue weighted by Gasteiger charge is 2.18. The Morgan fingerprint density at radius 3 is 2.60 bits per heavy atom. The van der Waals surface area contributed by atoms with Crippen LogP contribution in [0.25, 0.3) is 0 Å². The molecule has 2 heterocycles. The average molecular weight is 433 g/mol. The maximum Gasteiger partial charge on any atom is 0.255 e. The van der Waals surface area contributed by atoms with Crippen molar-refractivity contribution in [1.82, 2.24) is 9.97 Å². The number of benzene rings is 1. The van der Waals surface area contributed by atoms with Crippen molar-refractivity contribution in [2.45, 2.75) is 46.5 Å². The molecule has 2 N–H and O–H groups in total. The molecule has 0 bridgehead atoms. The van der Waals surface area contributed by atoms with E-state index in [2.05, 4.69) is 15.3 Å². The van der Waals surface area contributed by atoms with E-state index in [4.69, 9.17) is 16.3 Å². The van der Waals surface area contributed by atoms with Crippen LogP contribution < -0.4 is 15.8 Å². The van der Waals surface area contributed by atoms with Gasteiger partial charge in [0.15, 0.2) is 0 Å². The van der Waals surface area contributed by atoms with Crippen LogP contribution in [0.15, 0.2) is 16.9 Å². The predicted molar refractivity (Wildman–Crippen MR) is 120 cm³/mol. The highest BCUT2D eigenvalue weighted by molar-refractivity contribution is 6.32. The minimum absolute atomic E-state index is 0.141. The molecule has 1 aliphatic heterocycles. The second-order valence-electron chi connectivity index (χ2n) is 7.37. The van der Waals surface area contributed by atoms with Crippen molar-refractivity contribution in [3.8, 4) is 0 Å². The molecule has 30 heavy (non-hydrogen) atoms. The molecule has 7 nitrogen and oxygen atoms in total. The quantitative estimate of drug-likeness (QED) is 0.701. The first-order valence-corrected chi connectivity index (χ1v) is 10.8. The summed E-state index contributed by atoms with van der Waals surface area (Å²) in [5.74, 6) is 0.422. The molecular weight excluding hydrogens is 404 g/mol. The fourth-order valence-electron chi connectivity index (χ4n) is 3.72. The summed E-state index contributed by atoms with van der Waals surface area (Å²) in [5.41, 5.74) is 3.79. The Morgan fingerprint density at radius 1 is 1.23 bits per heavy atom. The van der Waals surface area contributed by atoms with Gasteiger partial charge >= 0.3 is 0 Å². The van der Waals surface area contributed by atoms with E-state index in [0.29, 0.717) is 55.0 Å². The van der Waals surface area contributed by atoms with Crippen LogP contribution in [0.5, 0.6) is 0 Å². The second-order valence-corrected chi connectivity index (χ2v) is 7.78. The van der Waals surface area contributed by atoms with Gasteiger partial charge in [-0.2, -0.15) is 0 Å². The van der Waals surface area contributed by atoms with Gasteiger partial charge in [0.1, 0.15) is 0 Å². The van der Waals surface area contributed by atoms with Crippen LogP contribution in [0.2, 0.25) is 5.02 Å². The van der Waals surface area contributed by atoms with Crippen molar-refractivity contribution >= 4 is 29.1 Å². The molecule has 0 radical (unpaired) electrons. The molecular formula is C22H29ClN4O3. The topological polar surface area (TPSA) is 87.3 Å². The molecule has 1 aromatic carbocycles. The van der Waals surface area contributed by atoms with E-state index in [0.717, 1.165) is 29.7 Å². The van der Waals surface area contributed by atoms with E-state index >= 15 is 0 Å². The van der Waals surface area contributed by atoms with Crippen molar-refractivity contribution in [3.05, 3.63) is 49.9 Å². The highest BCUT2D eigenvalue weighted by atomic mass is 35.5. The number of hydrogen-bond donors (Lipinski definition) is 2. The number of nitrogens with one attached hydrogen (secondary N) is 2. The van der Waals surface area contributed by atoms with E-state index in [-0.39, 0.29) is 17.9 Å². The second kappa shape index (κ2) is 10.1. The lowest BCUT2D eigenvalue weighted by Gasteiger charge is -2.27. The van der Waals surface area contributed by atoms with Crippen LogP contribution >= 0.6 is 11.6 Å². The van der Waals surface area contributed by atoms with Gasteiger partial charge in [0.25, 0.3) is 5.56 Å². The van der Waals surface area contributed by atoms with Gasteiger partial charge in [-0.25, -0.2) is 4.98 Å². The predicted octanol–water partition coefficient (Wildman–Crippen LogP) is 3.26. The number of ether oxygens (including phenoxy) is 1. The molecule has 1 saturated heterocycles. The van der Waals surface area contributed by atoms with Crippen LogP contribution in [0, 0.1) is 6.92 Å². The van der Waals surface area contributed by atoms with Crippen LogP contribution in [0.4, 0.5) is 11.6 Å². The van der Waals surface area contributed by atoms with Crippen molar-refractivity contribution in [3.63, 3.8) is 0 Å². The summed E-state index contributed by atoms with van der Waals surface area (Å²) in [6, 6.07) is 3.82. The summed E-state index contributed by atoms with van der Waals surface area (Å²) in [6.07, 6.45) is 2.05. The molecule has 2 aromatic rings. The first kappa shape index (κ1) is 22.3. The number of aryl methyl sites for hydroxylation is 2. The number of rotatable bonds is 7. The van der Waals surface area contributed by atoms with Crippen molar-refractivity contribution in [2.75, 3.05) is 36.5 Å². The highest BCUT2D eigenvalue weighted by Crippen LogP contribution is 2.29. The summed E-state index contributed by atoms with van der Waals surface area (Å²) >= 11 is 6.32. The molecule has 0 aliphatic carbocycles. The first-order valence-electron chi connectivity index (χ1n) is 10.5. The summed E-state index contributed by atoms with van der Waals surface area (Å²) in [7, 11) is 0. The van der Waals surface area contributed by atoms with Gasteiger partial charge in [-0.15, -0.1) is 0 Å². The number of carbonyl (C=O) groups is 1. The van der Waals surface area contributed by atoms with E-state index in [1.165, 1.54) is 0 Å². The van der Waals surface area contributed by atoms with Gasteiger partial charge in [-0.3, -0.25) is 14.6 Å². The third-order valence-electron chi connectivity index (χ3n) is 5.46. The largest absolute Gasteiger partial charge is 0.378 e. The Balaban J connectivity index is 1.71. The number of aromatic amines is 1. The number of carbonyl (C=O) groups excluding carboxylic acids is 1. The Morgan fingerprint density at radius 2 is 1.97 bits per heavy atom. The number of halogens is 1. The zero-order valence-electron chi connectivity index (χ0n) is 17.8. The molecule has 3 rings (SSSR count). The molecule has 0 unspecified atom stereocenters. The fourth-order valence-corrected chi connectivity index (χ4v) is 4.01. The zero-order valence-corrected chi connectivity index (χ0v) is 18.6. The number of hydrogen-bond acceptors (Lipinski definition) is 5. The molecule has 1 aliphatic rings. The van der Waals surface area contributed by atoms with Crippen LogP contribution in [0.1, 0.15) is 42.7 Å². The van der Waals surface area contributed by atoms with E-state index < -0.39 is 0 Å². The van der Waals surface area contributed by atoms with Crippen LogP contribution in [0.3, 0.4) is 0 Å². The van der Waals surface area contributed by atoms with Gasteiger partial charge in [0, 0.05) is 41.5 Å². The lowest BCUT2D eigenvalue weighted by atomic mass is 10.0. The smallest absolute Gasteiger partial charge is 0.255 e. The number of morpholine rings is 1. The van der Waals surface area contributed by atoms with E-state index in [1.54, 1.807) is 0 Å². The molecule has 162 valence electrons. The van der Waals surface area contributed by atoms with Crippen molar-refractivity contribution in [2.24, 2.45) is 0 Å². The van der Waals surface area contributed by atoms with Gasteiger partial charge in [-0.05, 0) is 43.4 Å². The number of amides is 1. The SMILES string of the molecule is CCc1ccc(Cl)c(CC)c1NC(=O)CCc1c(C)nc(N2CCOCC2)[nH]c1=O. The van der Waals surface area contributed by atoms with E-state index in [1.807, 2.05) is 37.8 Å². The summed E-state index contributed by atoms with van der Waals surface area (Å²) in [6.45, 7) is 8.51. The third-order valence-corrected chi connectivity index (χ3v) is 5.82. The molecule has 0 saturated carbocycles. The van der Waals surface area contributed by atoms with E-state index in [9.17, 15) is 9.59 Å². The van der Waals surface area contributed by atoms with Gasteiger partial charge in [0.2, 0.25) is 11.9 Å². The number of H-pyrrole nitrogens is 1. The monoisotopic (exact) mass is 432 g/mol. The molecule has 1 aromatic heterocycles. The molecule has 0 spiro atoms. The molecule has 1 fully saturated rings. The summed E-state index contributed by atoms with van der Waals surface area (Å²) in [4.78, 5) is 34.7. The zero-order chi connectivity index (χ0) is 21.7. The number of aromatic nitrogens is 2. The number of nitrogens with zero attached hydrogens (tertiary/aromatic N) is 2. The maximum absolute atomic E-state index is 12.7. The molecule has 8 heteroatoms. The average Bonchev–Trinajstić information content (AvgIpc) is 2.74. The first-order chi connectivity index (χ1) is 14.4. The van der Waals surface area contributed by atoms with Crippen molar-refractivity contribution < 1.29 is 9.53 Å². The lowest BCUT2D eigenvalue weighted by molar-refractivity contribution is -0.116. The third kappa shape index (κ3) is 5.02. The van der Waals surface area contributed by atoms with Crippen LogP contribution in [-0.2, 0) is 28.8 Å². The van der Waals surface area contributed by atoms with Gasteiger partial charge in [-0.1, -0.05) is 31.5 Å². The fraction of sp³-hybridized carbons (Fsp3) is 0.500.